The molecule has 3 rings (SSSR count). The number of fused-ring (bicyclic) bond motifs is 3. The Balaban J connectivity index is 2.23. The molecule has 0 amide bonds. The summed E-state index contributed by atoms with van der Waals surface area (Å²) in [6.45, 7) is 3.23. The molecule has 2 nitrogen and oxygen atoms in total. The molecule has 2 heteroatoms. The minimum absolute atomic E-state index is 0.259. The number of rotatable bonds is 0. The minimum atomic E-state index is 0.259. The molecule has 2 heterocycles. The molecule has 2 aliphatic heterocycles. The number of hydrogen-bond donors (Lipinski definition) is 0. The highest BCUT2D eigenvalue weighted by molar-refractivity contribution is 5.87. The molecular weight excluding hydrogens is 138 g/mol. The first-order chi connectivity index (χ1) is 5.20. The molecule has 2 saturated heterocycles. The molecule has 0 aromatic carbocycles. The summed E-state index contributed by atoms with van der Waals surface area (Å²) in [5, 5.41) is 0. The van der Waals surface area contributed by atoms with Gasteiger partial charge in [0, 0.05) is 12.5 Å². The van der Waals surface area contributed by atoms with Gasteiger partial charge in [-0.3, -0.25) is 9.69 Å². The normalized spacial score (nSPS) is 44.9. The van der Waals surface area contributed by atoms with Crippen LogP contribution in [-0.2, 0) is 4.79 Å². The van der Waals surface area contributed by atoms with Gasteiger partial charge in [-0.05, 0) is 25.8 Å². The first-order valence-electron chi connectivity index (χ1n) is 4.44. The monoisotopic (exact) mass is 153 g/mol. The molecule has 1 aliphatic carbocycles. The van der Waals surface area contributed by atoms with Gasteiger partial charge in [0.2, 0.25) is 0 Å². The average molecular weight is 153 g/mol. The first kappa shape index (κ1) is 7.29. The second-order valence-electron chi connectivity index (χ2n) is 3.98. The van der Waals surface area contributed by atoms with E-state index < -0.39 is 0 Å². The fourth-order valence-corrected chi connectivity index (χ4v) is 2.48. The van der Waals surface area contributed by atoms with Gasteiger partial charge in [0.1, 0.15) is 0 Å². The van der Waals surface area contributed by atoms with Gasteiger partial charge in [-0.2, -0.15) is 0 Å². The molecule has 0 aromatic rings. The third kappa shape index (κ3) is 0.924. The van der Waals surface area contributed by atoms with Crippen molar-refractivity contribution in [3.8, 4) is 0 Å². The maximum Gasteiger partial charge on any atom is 0.153 e. The highest BCUT2D eigenvalue weighted by Crippen LogP contribution is 2.35. The van der Waals surface area contributed by atoms with Crippen molar-refractivity contribution in [1.29, 1.82) is 0 Å². The van der Waals surface area contributed by atoms with Crippen molar-refractivity contribution in [2.24, 2.45) is 11.8 Å². The van der Waals surface area contributed by atoms with E-state index >= 15 is 0 Å². The van der Waals surface area contributed by atoms with E-state index in [1.807, 2.05) is 0 Å². The Morgan fingerprint density at radius 1 is 1.45 bits per heavy atom. The molecule has 1 saturated carbocycles. The summed E-state index contributed by atoms with van der Waals surface area (Å²) < 4.78 is 0. The number of piperidine rings is 2. The molecular formula is C9H15NO. The van der Waals surface area contributed by atoms with Crippen LogP contribution in [0.15, 0.2) is 0 Å². The van der Waals surface area contributed by atoms with Gasteiger partial charge < -0.3 is 0 Å². The number of Topliss-reactive ketones (excluding diaryl/α,β-unsaturated/α-hetero) is 1. The summed E-state index contributed by atoms with van der Waals surface area (Å²) >= 11 is 0. The van der Waals surface area contributed by atoms with Gasteiger partial charge in [-0.25, -0.2) is 0 Å². The minimum Gasteiger partial charge on any atom is -0.298 e. The highest BCUT2D eigenvalue weighted by atomic mass is 16.1. The van der Waals surface area contributed by atoms with Crippen molar-refractivity contribution in [3.63, 3.8) is 0 Å². The average Bonchev–Trinajstić information content (AvgIpc) is 1.99. The second-order valence-corrected chi connectivity index (χ2v) is 3.98. The predicted molar refractivity (Wildman–Crippen MR) is 43.3 cm³/mol. The van der Waals surface area contributed by atoms with Gasteiger partial charge >= 0.3 is 0 Å². The Labute approximate surface area is 67.6 Å². The van der Waals surface area contributed by atoms with Crippen LogP contribution < -0.4 is 0 Å². The van der Waals surface area contributed by atoms with Gasteiger partial charge in [-0.1, -0.05) is 6.92 Å². The zero-order valence-electron chi connectivity index (χ0n) is 7.21. The van der Waals surface area contributed by atoms with E-state index in [4.69, 9.17) is 0 Å². The van der Waals surface area contributed by atoms with Crippen LogP contribution in [0.5, 0.6) is 0 Å². The summed E-state index contributed by atoms with van der Waals surface area (Å²) in [4.78, 5) is 13.8. The van der Waals surface area contributed by atoms with E-state index in [1.165, 1.54) is 6.42 Å². The SMILES string of the molecule is CC1C(=O)C2CCC1CN2C. The van der Waals surface area contributed by atoms with Crippen LogP contribution in [0.25, 0.3) is 0 Å². The van der Waals surface area contributed by atoms with Gasteiger partial charge in [-0.15, -0.1) is 0 Å². The van der Waals surface area contributed by atoms with Crippen molar-refractivity contribution in [2.45, 2.75) is 25.8 Å². The molecule has 3 unspecified atom stereocenters. The van der Waals surface area contributed by atoms with Gasteiger partial charge in [0.05, 0.1) is 6.04 Å². The number of likely N-dealkylation sites (N-methyl/N-ethyl adjacent to an activating group) is 1. The molecule has 0 spiro atoms. The summed E-state index contributed by atoms with van der Waals surface area (Å²) in [5.74, 6) is 1.47. The molecule has 3 fully saturated rings. The van der Waals surface area contributed by atoms with E-state index in [0.29, 0.717) is 17.6 Å². The number of carbonyl (C=O) groups excluding carboxylic acids is 1. The topological polar surface area (TPSA) is 20.3 Å². The van der Waals surface area contributed by atoms with Crippen LogP contribution in [0.4, 0.5) is 0 Å². The number of carbonyl (C=O) groups is 1. The zero-order chi connectivity index (χ0) is 8.01. The molecule has 62 valence electrons. The van der Waals surface area contributed by atoms with E-state index in [9.17, 15) is 4.79 Å². The fourth-order valence-electron chi connectivity index (χ4n) is 2.48. The third-order valence-electron chi connectivity index (χ3n) is 3.35. The van der Waals surface area contributed by atoms with E-state index in [0.717, 1.165) is 13.0 Å². The van der Waals surface area contributed by atoms with Gasteiger partial charge in [0.15, 0.2) is 5.78 Å². The summed E-state index contributed by atoms with van der Waals surface area (Å²) in [5.41, 5.74) is 0. The quantitative estimate of drug-likeness (QED) is 0.515. The number of ketones is 1. The molecule has 3 atom stereocenters. The second kappa shape index (κ2) is 2.31. The van der Waals surface area contributed by atoms with E-state index in [2.05, 4.69) is 18.9 Å². The molecule has 0 aromatic heterocycles. The maximum absolute atomic E-state index is 11.6. The fraction of sp³-hybridized carbons (Fsp3) is 0.889. The molecule has 3 aliphatic rings. The Bertz CT molecular complexity index is 190. The van der Waals surface area contributed by atoms with Crippen LogP contribution in [0.1, 0.15) is 19.8 Å². The Kier molecular flexibility index (Phi) is 1.53. The molecule has 0 N–H and O–H groups in total. The van der Waals surface area contributed by atoms with Crippen LogP contribution in [-0.4, -0.2) is 30.3 Å². The van der Waals surface area contributed by atoms with E-state index in [1.54, 1.807) is 0 Å². The first-order valence-corrected chi connectivity index (χ1v) is 4.44. The smallest absolute Gasteiger partial charge is 0.153 e. The van der Waals surface area contributed by atoms with Crippen molar-refractivity contribution in [3.05, 3.63) is 0 Å². The lowest BCUT2D eigenvalue weighted by Crippen LogP contribution is -2.55. The lowest BCUT2D eigenvalue weighted by Gasteiger charge is -2.45. The zero-order valence-corrected chi connectivity index (χ0v) is 7.21. The number of hydrogen-bond acceptors (Lipinski definition) is 2. The van der Waals surface area contributed by atoms with Gasteiger partial charge in [0.25, 0.3) is 0 Å². The maximum atomic E-state index is 11.6. The van der Waals surface area contributed by atoms with Crippen molar-refractivity contribution in [2.75, 3.05) is 13.6 Å². The summed E-state index contributed by atoms with van der Waals surface area (Å²) in [7, 11) is 2.07. The van der Waals surface area contributed by atoms with Crippen molar-refractivity contribution >= 4 is 5.78 Å². The lowest BCUT2D eigenvalue weighted by atomic mass is 9.72. The van der Waals surface area contributed by atoms with Crippen molar-refractivity contribution in [1.82, 2.24) is 4.90 Å². The van der Waals surface area contributed by atoms with Crippen molar-refractivity contribution < 1.29 is 4.79 Å². The largest absolute Gasteiger partial charge is 0.298 e. The molecule has 11 heavy (non-hydrogen) atoms. The molecule has 0 radical (unpaired) electrons. The van der Waals surface area contributed by atoms with Crippen LogP contribution >= 0.6 is 0 Å². The Hall–Kier alpha value is -0.370. The Morgan fingerprint density at radius 3 is 2.64 bits per heavy atom. The summed E-state index contributed by atoms with van der Waals surface area (Å²) in [6, 6.07) is 0.259. The van der Waals surface area contributed by atoms with Crippen LogP contribution in [0, 0.1) is 11.8 Å². The summed E-state index contributed by atoms with van der Waals surface area (Å²) in [6.07, 6.45) is 2.37. The molecule has 2 bridgehead atoms. The van der Waals surface area contributed by atoms with Crippen LogP contribution in [0.3, 0.4) is 0 Å². The Morgan fingerprint density at radius 2 is 2.18 bits per heavy atom. The standard InChI is InChI=1S/C9H15NO/c1-6-7-3-4-8(9(6)11)10(2)5-7/h6-8H,3-5H2,1-2H3. The predicted octanol–water partition coefficient (Wildman–Crippen LogP) is 0.916. The highest BCUT2D eigenvalue weighted by Gasteiger charge is 2.42. The third-order valence-corrected chi connectivity index (χ3v) is 3.35. The number of nitrogens with zero attached hydrogens (tertiary/aromatic N) is 1. The van der Waals surface area contributed by atoms with Crippen LogP contribution in [0.2, 0.25) is 0 Å². The lowest BCUT2D eigenvalue weighted by molar-refractivity contribution is -0.138. The van der Waals surface area contributed by atoms with E-state index in [-0.39, 0.29) is 6.04 Å².